The van der Waals surface area contributed by atoms with E-state index in [-0.39, 0.29) is 6.10 Å². The number of likely N-dealkylation sites (tertiary alicyclic amines) is 1. The lowest BCUT2D eigenvalue weighted by molar-refractivity contribution is 0.0259. The lowest BCUT2D eigenvalue weighted by Gasteiger charge is -2.34. The van der Waals surface area contributed by atoms with Crippen LogP contribution in [0.2, 0.25) is 0 Å². The van der Waals surface area contributed by atoms with E-state index in [1.807, 2.05) is 12.3 Å². The van der Waals surface area contributed by atoms with Crippen molar-refractivity contribution in [2.75, 3.05) is 25.0 Å². The fourth-order valence-corrected chi connectivity index (χ4v) is 2.37. The second-order valence-electron chi connectivity index (χ2n) is 5.15. The highest BCUT2D eigenvalue weighted by molar-refractivity contribution is 5.37. The molecule has 2 N–H and O–H groups in total. The van der Waals surface area contributed by atoms with Crippen molar-refractivity contribution >= 4 is 5.82 Å². The van der Waals surface area contributed by atoms with E-state index in [9.17, 15) is 5.11 Å². The van der Waals surface area contributed by atoms with E-state index in [4.69, 9.17) is 0 Å². The van der Waals surface area contributed by atoms with Crippen LogP contribution in [0.1, 0.15) is 25.8 Å². The fraction of sp³-hybridized carbons (Fsp3) is 0.643. The molecular formula is C14H23N3O. The molecule has 0 bridgehead atoms. The Balaban J connectivity index is 1.94. The van der Waals surface area contributed by atoms with Gasteiger partial charge < -0.3 is 10.4 Å². The summed E-state index contributed by atoms with van der Waals surface area (Å²) in [5.74, 6) is 1.36. The molecule has 2 heterocycles. The number of β-amino-alcohol motifs (C(OH)–C–C–N with tert-alkyl or cyclic N) is 1. The van der Waals surface area contributed by atoms with Crippen LogP contribution in [0.25, 0.3) is 0 Å². The van der Waals surface area contributed by atoms with Gasteiger partial charge in [0, 0.05) is 25.8 Å². The van der Waals surface area contributed by atoms with Crippen LogP contribution in [0, 0.1) is 5.92 Å². The third-order valence-corrected chi connectivity index (χ3v) is 3.59. The minimum absolute atomic E-state index is 0.186. The highest BCUT2D eigenvalue weighted by Crippen LogP contribution is 2.19. The SMILES string of the molecule is CCNc1cc(CN2CCC(C)C(O)C2)ccn1. The van der Waals surface area contributed by atoms with Crippen LogP contribution in [0.4, 0.5) is 5.82 Å². The average molecular weight is 249 g/mol. The third kappa shape index (κ3) is 3.43. The maximum absolute atomic E-state index is 9.90. The van der Waals surface area contributed by atoms with Gasteiger partial charge in [0.25, 0.3) is 0 Å². The number of nitrogens with one attached hydrogen (secondary N) is 1. The van der Waals surface area contributed by atoms with Crippen LogP contribution in [0.3, 0.4) is 0 Å². The smallest absolute Gasteiger partial charge is 0.126 e. The van der Waals surface area contributed by atoms with Crippen molar-refractivity contribution in [3.05, 3.63) is 23.9 Å². The number of nitrogens with zero attached hydrogens (tertiary/aromatic N) is 2. The topological polar surface area (TPSA) is 48.4 Å². The molecule has 1 aliphatic heterocycles. The maximum atomic E-state index is 9.90. The number of hydrogen-bond acceptors (Lipinski definition) is 4. The molecule has 2 atom stereocenters. The lowest BCUT2D eigenvalue weighted by atomic mass is 9.96. The summed E-state index contributed by atoms with van der Waals surface area (Å²) in [7, 11) is 0. The minimum atomic E-state index is -0.186. The molecular weight excluding hydrogens is 226 g/mol. The van der Waals surface area contributed by atoms with Crippen LogP contribution < -0.4 is 5.32 Å². The second kappa shape index (κ2) is 6.16. The van der Waals surface area contributed by atoms with E-state index in [2.05, 4.69) is 35.1 Å². The first-order chi connectivity index (χ1) is 8.69. The number of anilines is 1. The summed E-state index contributed by atoms with van der Waals surface area (Å²) in [5, 5.41) is 13.1. The number of aliphatic hydroxyl groups is 1. The summed E-state index contributed by atoms with van der Waals surface area (Å²) in [4.78, 5) is 6.59. The molecule has 0 saturated carbocycles. The number of pyridine rings is 1. The molecule has 0 aromatic carbocycles. The standard InChI is InChI=1S/C14H23N3O/c1-3-15-14-8-12(4-6-16-14)9-17-7-5-11(2)13(18)10-17/h4,6,8,11,13,18H,3,5,7,9-10H2,1-2H3,(H,15,16). The molecule has 1 aromatic heterocycles. The number of rotatable bonds is 4. The number of hydrogen-bond donors (Lipinski definition) is 2. The molecule has 2 rings (SSSR count). The van der Waals surface area contributed by atoms with Gasteiger partial charge in [-0.3, -0.25) is 4.90 Å². The molecule has 0 amide bonds. The molecule has 0 aliphatic carbocycles. The summed E-state index contributed by atoms with van der Waals surface area (Å²) in [6.45, 7) is 7.81. The van der Waals surface area contributed by atoms with Crippen molar-refractivity contribution in [1.82, 2.24) is 9.88 Å². The molecule has 1 fully saturated rings. The number of piperidine rings is 1. The normalized spacial score (nSPS) is 25.1. The third-order valence-electron chi connectivity index (χ3n) is 3.59. The van der Waals surface area contributed by atoms with E-state index >= 15 is 0 Å². The highest BCUT2D eigenvalue weighted by atomic mass is 16.3. The van der Waals surface area contributed by atoms with Gasteiger partial charge in [-0.1, -0.05) is 6.92 Å². The molecule has 100 valence electrons. The van der Waals surface area contributed by atoms with E-state index < -0.39 is 0 Å². The van der Waals surface area contributed by atoms with Gasteiger partial charge in [-0.05, 0) is 43.5 Å². The summed E-state index contributed by atoms with van der Waals surface area (Å²) < 4.78 is 0. The van der Waals surface area contributed by atoms with Gasteiger partial charge in [-0.2, -0.15) is 0 Å². The van der Waals surface area contributed by atoms with Gasteiger partial charge in [0.15, 0.2) is 0 Å². The van der Waals surface area contributed by atoms with Crippen molar-refractivity contribution in [2.45, 2.75) is 32.9 Å². The summed E-state index contributed by atoms with van der Waals surface area (Å²) in [5.41, 5.74) is 1.25. The Kier molecular flexibility index (Phi) is 4.55. The predicted octanol–water partition coefficient (Wildman–Crippen LogP) is 1.72. The van der Waals surface area contributed by atoms with E-state index in [0.29, 0.717) is 5.92 Å². The Hall–Kier alpha value is -1.13. The molecule has 1 aliphatic rings. The van der Waals surface area contributed by atoms with Gasteiger partial charge in [0.2, 0.25) is 0 Å². The van der Waals surface area contributed by atoms with Crippen LogP contribution >= 0.6 is 0 Å². The zero-order valence-corrected chi connectivity index (χ0v) is 11.3. The number of aliphatic hydroxyl groups excluding tert-OH is 1. The predicted molar refractivity (Wildman–Crippen MR) is 73.5 cm³/mol. The molecule has 1 saturated heterocycles. The number of aromatic nitrogens is 1. The van der Waals surface area contributed by atoms with Crippen molar-refractivity contribution in [3.63, 3.8) is 0 Å². The van der Waals surface area contributed by atoms with Gasteiger partial charge in [0.05, 0.1) is 6.10 Å². The van der Waals surface area contributed by atoms with Crippen molar-refractivity contribution in [3.8, 4) is 0 Å². The van der Waals surface area contributed by atoms with E-state index in [1.54, 1.807) is 0 Å². The molecule has 2 unspecified atom stereocenters. The van der Waals surface area contributed by atoms with E-state index in [0.717, 1.165) is 38.4 Å². The zero-order valence-electron chi connectivity index (χ0n) is 11.3. The zero-order chi connectivity index (χ0) is 13.0. The first-order valence-electron chi connectivity index (χ1n) is 6.78. The molecule has 0 radical (unpaired) electrons. The Labute approximate surface area is 109 Å². The maximum Gasteiger partial charge on any atom is 0.126 e. The van der Waals surface area contributed by atoms with Crippen molar-refractivity contribution in [1.29, 1.82) is 0 Å². The first-order valence-corrected chi connectivity index (χ1v) is 6.78. The highest BCUT2D eigenvalue weighted by Gasteiger charge is 2.23. The molecule has 1 aromatic rings. The van der Waals surface area contributed by atoms with Gasteiger partial charge in [-0.25, -0.2) is 4.98 Å². The Morgan fingerprint density at radius 3 is 3.11 bits per heavy atom. The first kappa shape index (κ1) is 13.3. The Morgan fingerprint density at radius 1 is 1.56 bits per heavy atom. The van der Waals surface area contributed by atoms with Crippen molar-refractivity contribution < 1.29 is 5.11 Å². The Morgan fingerprint density at radius 2 is 2.39 bits per heavy atom. The Bertz CT molecular complexity index is 383. The minimum Gasteiger partial charge on any atom is -0.392 e. The van der Waals surface area contributed by atoms with Crippen LogP contribution in [0.5, 0.6) is 0 Å². The summed E-state index contributed by atoms with van der Waals surface area (Å²) in [6, 6.07) is 4.14. The van der Waals surface area contributed by atoms with Gasteiger partial charge in [0.1, 0.15) is 5.82 Å². The largest absolute Gasteiger partial charge is 0.392 e. The molecule has 0 spiro atoms. The fourth-order valence-electron chi connectivity index (χ4n) is 2.37. The monoisotopic (exact) mass is 249 g/mol. The van der Waals surface area contributed by atoms with Crippen molar-refractivity contribution in [2.24, 2.45) is 5.92 Å². The quantitative estimate of drug-likeness (QED) is 0.853. The average Bonchev–Trinajstić information content (AvgIpc) is 2.35. The van der Waals surface area contributed by atoms with Crippen LogP contribution in [-0.2, 0) is 6.54 Å². The molecule has 4 nitrogen and oxygen atoms in total. The summed E-state index contributed by atoms with van der Waals surface area (Å²) >= 11 is 0. The molecule has 18 heavy (non-hydrogen) atoms. The lowest BCUT2D eigenvalue weighted by Crippen LogP contribution is -2.42. The second-order valence-corrected chi connectivity index (χ2v) is 5.15. The molecule has 4 heteroatoms. The van der Waals surface area contributed by atoms with Crippen LogP contribution in [-0.4, -0.2) is 40.7 Å². The van der Waals surface area contributed by atoms with Gasteiger partial charge >= 0.3 is 0 Å². The summed E-state index contributed by atoms with van der Waals surface area (Å²) in [6.07, 6.45) is 2.73. The van der Waals surface area contributed by atoms with Crippen LogP contribution in [0.15, 0.2) is 18.3 Å². The van der Waals surface area contributed by atoms with E-state index in [1.165, 1.54) is 5.56 Å². The van der Waals surface area contributed by atoms with Gasteiger partial charge in [-0.15, -0.1) is 0 Å².